The first-order valence-corrected chi connectivity index (χ1v) is 9.92. The number of carboxylic acids is 1. The third kappa shape index (κ3) is 3.69. The van der Waals surface area contributed by atoms with Gasteiger partial charge in [-0.3, -0.25) is 9.59 Å². The number of amides is 1. The predicted octanol–water partition coefficient (Wildman–Crippen LogP) is 1.52. The molecule has 8 heteroatoms. The Balaban J connectivity index is 1.71. The monoisotopic (exact) mass is 366 g/mol. The molecule has 1 amide bonds. The summed E-state index contributed by atoms with van der Waals surface area (Å²) in [4.78, 5) is 24.4. The minimum absolute atomic E-state index is 0.0531. The topological polar surface area (TPSA) is 104 Å². The second kappa shape index (κ2) is 6.76. The van der Waals surface area contributed by atoms with Crippen LogP contribution in [0.1, 0.15) is 38.2 Å². The van der Waals surface area contributed by atoms with E-state index in [1.54, 1.807) is 17.0 Å². The Morgan fingerprint density at radius 1 is 1.20 bits per heavy atom. The number of carboxylic acid groups (broad SMARTS) is 1. The highest BCUT2D eigenvalue weighted by atomic mass is 32.2. The van der Waals surface area contributed by atoms with Crippen molar-refractivity contribution in [1.29, 1.82) is 0 Å². The molecule has 25 heavy (non-hydrogen) atoms. The van der Waals surface area contributed by atoms with Gasteiger partial charge in [0, 0.05) is 25.2 Å². The summed E-state index contributed by atoms with van der Waals surface area (Å²) in [6.07, 6.45) is 2.67. The Labute approximate surface area is 147 Å². The largest absolute Gasteiger partial charge is 0.481 e. The van der Waals surface area contributed by atoms with Crippen LogP contribution in [0.5, 0.6) is 0 Å². The summed E-state index contributed by atoms with van der Waals surface area (Å²) in [5.74, 6) is -1.24. The van der Waals surface area contributed by atoms with E-state index in [0.29, 0.717) is 38.6 Å². The maximum atomic E-state index is 12.6. The lowest BCUT2D eigenvalue weighted by molar-refractivity contribution is -0.142. The first-order valence-electron chi connectivity index (χ1n) is 8.44. The highest BCUT2D eigenvalue weighted by Gasteiger charge is 2.30. The van der Waals surface area contributed by atoms with E-state index in [9.17, 15) is 18.0 Å². The molecule has 7 nitrogen and oxygen atoms in total. The van der Waals surface area contributed by atoms with Crippen LogP contribution in [0.3, 0.4) is 0 Å². The molecule has 1 aromatic carbocycles. The lowest BCUT2D eigenvalue weighted by Crippen LogP contribution is -2.38. The first kappa shape index (κ1) is 17.9. The highest BCUT2D eigenvalue weighted by Crippen LogP contribution is 2.31. The van der Waals surface area contributed by atoms with Crippen LogP contribution in [0.15, 0.2) is 23.1 Å². The van der Waals surface area contributed by atoms with Gasteiger partial charge in [0.25, 0.3) is 0 Å². The van der Waals surface area contributed by atoms with Crippen LogP contribution in [0.2, 0.25) is 0 Å². The van der Waals surface area contributed by atoms with E-state index in [0.717, 1.165) is 11.3 Å². The van der Waals surface area contributed by atoms with Gasteiger partial charge in [0.1, 0.15) is 0 Å². The maximum Gasteiger partial charge on any atom is 0.306 e. The molecule has 2 aliphatic rings. The van der Waals surface area contributed by atoms with Gasteiger partial charge in [-0.15, -0.1) is 0 Å². The smallest absolute Gasteiger partial charge is 0.306 e. The highest BCUT2D eigenvalue weighted by molar-refractivity contribution is 7.89. The van der Waals surface area contributed by atoms with Crippen LogP contribution < -0.4 is 9.62 Å². The number of nitrogens with one attached hydrogen (secondary N) is 1. The molecule has 0 bridgehead atoms. The van der Waals surface area contributed by atoms with Crippen LogP contribution in [0.4, 0.5) is 5.69 Å². The SMILES string of the molecule is CC(=O)N1CCc2cc(S(=O)(=O)NC3CCC(C(=O)O)CC3)ccc21. The van der Waals surface area contributed by atoms with E-state index < -0.39 is 16.0 Å². The average molecular weight is 366 g/mol. The Morgan fingerprint density at radius 3 is 2.48 bits per heavy atom. The number of rotatable bonds is 4. The number of hydrogen-bond acceptors (Lipinski definition) is 4. The zero-order valence-corrected chi connectivity index (χ0v) is 14.9. The van der Waals surface area contributed by atoms with Gasteiger partial charge < -0.3 is 10.0 Å². The minimum Gasteiger partial charge on any atom is -0.481 e. The summed E-state index contributed by atoms with van der Waals surface area (Å²) in [6, 6.07) is 4.59. The molecule has 1 heterocycles. The Hall–Kier alpha value is -1.93. The Kier molecular flexibility index (Phi) is 4.83. The van der Waals surface area contributed by atoms with Crippen molar-refractivity contribution < 1.29 is 23.1 Å². The molecule has 1 aliphatic heterocycles. The van der Waals surface area contributed by atoms with Gasteiger partial charge in [-0.1, -0.05) is 0 Å². The summed E-state index contributed by atoms with van der Waals surface area (Å²) in [5, 5.41) is 9.02. The Bertz CT molecular complexity index is 797. The summed E-state index contributed by atoms with van der Waals surface area (Å²) in [6.45, 7) is 2.07. The molecule has 1 saturated carbocycles. The van der Waals surface area contributed by atoms with E-state index in [-0.39, 0.29) is 22.8 Å². The van der Waals surface area contributed by atoms with Crippen molar-refractivity contribution in [3.63, 3.8) is 0 Å². The number of nitrogens with zero attached hydrogens (tertiary/aromatic N) is 1. The predicted molar refractivity (Wildman–Crippen MR) is 91.9 cm³/mol. The van der Waals surface area contributed by atoms with Crippen molar-refractivity contribution in [2.24, 2.45) is 5.92 Å². The molecule has 2 N–H and O–H groups in total. The van der Waals surface area contributed by atoms with Gasteiger partial charge >= 0.3 is 5.97 Å². The molecule has 0 unspecified atom stereocenters. The third-order valence-electron chi connectivity index (χ3n) is 5.04. The van der Waals surface area contributed by atoms with Gasteiger partial charge in [-0.05, 0) is 55.9 Å². The molecule has 1 aromatic rings. The number of fused-ring (bicyclic) bond motifs is 1. The Morgan fingerprint density at radius 2 is 1.88 bits per heavy atom. The van der Waals surface area contributed by atoms with Crippen LogP contribution in [0.25, 0.3) is 0 Å². The van der Waals surface area contributed by atoms with Crippen LogP contribution in [0, 0.1) is 5.92 Å². The van der Waals surface area contributed by atoms with E-state index in [4.69, 9.17) is 5.11 Å². The molecular formula is C17H22N2O5S. The fourth-order valence-electron chi connectivity index (χ4n) is 3.62. The summed E-state index contributed by atoms with van der Waals surface area (Å²) in [5.41, 5.74) is 1.63. The summed E-state index contributed by atoms with van der Waals surface area (Å²) >= 11 is 0. The zero-order valence-electron chi connectivity index (χ0n) is 14.1. The van der Waals surface area contributed by atoms with Crippen LogP contribution in [-0.4, -0.2) is 38.0 Å². The lowest BCUT2D eigenvalue weighted by atomic mass is 9.87. The van der Waals surface area contributed by atoms with Gasteiger partial charge in [-0.25, -0.2) is 13.1 Å². The van der Waals surface area contributed by atoms with Gasteiger partial charge in [-0.2, -0.15) is 0 Å². The van der Waals surface area contributed by atoms with Crippen molar-refractivity contribution in [3.05, 3.63) is 23.8 Å². The number of sulfonamides is 1. The number of carbonyl (C=O) groups is 2. The fourth-order valence-corrected chi connectivity index (χ4v) is 4.97. The molecule has 1 aliphatic carbocycles. The average Bonchev–Trinajstić information content (AvgIpc) is 2.98. The molecule has 1 fully saturated rings. The molecule has 0 saturated heterocycles. The molecular weight excluding hydrogens is 344 g/mol. The number of carbonyl (C=O) groups excluding carboxylic acids is 1. The van der Waals surface area contributed by atoms with Gasteiger partial charge in [0.15, 0.2) is 0 Å². The standard InChI is InChI=1S/C17H22N2O5S/c1-11(20)19-9-8-13-10-15(6-7-16(13)19)25(23,24)18-14-4-2-12(3-5-14)17(21)22/h6-7,10,12,14,18H,2-5,8-9H2,1H3,(H,21,22). The maximum absolute atomic E-state index is 12.6. The normalized spacial score (nSPS) is 23.3. The number of aliphatic carboxylic acids is 1. The van der Waals surface area contributed by atoms with Crippen molar-refractivity contribution in [2.45, 2.75) is 50.0 Å². The number of anilines is 1. The van der Waals surface area contributed by atoms with E-state index in [1.165, 1.54) is 13.0 Å². The second-order valence-electron chi connectivity index (χ2n) is 6.72. The third-order valence-corrected chi connectivity index (χ3v) is 6.55. The van der Waals surface area contributed by atoms with Crippen molar-refractivity contribution in [1.82, 2.24) is 4.72 Å². The van der Waals surface area contributed by atoms with Crippen molar-refractivity contribution in [2.75, 3.05) is 11.4 Å². The van der Waals surface area contributed by atoms with Gasteiger partial charge in [0.2, 0.25) is 15.9 Å². The van der Waals surface area contributed by atoms with E-state index in [2.05, 4.69) is 4.72 Å². The van der Waals surface area contributed by atoms with E-state index >= 15 is 0 Å². The lowest BCUT2D eigenvalue weighted by Gasteiger charge is -2.26. The van der Waals surface area contributed by atoms with Crippen LogP contribution >= 0.6 is 0 Å². The second-order valence-corrected chi connectivity index (χ2v) is 8.43. The molecule has 136 valence electrons. The van der Waals surface area contributed by atoms with Crippen molar-refractivity contribution >= 4 is 27.6 Å². The summed E-state index contributed by atoms with van der Waals surface area (Å²) in [7, 11) is -3.66. The summed E-state index contributed by atoms with van der Waals surface area (Å²) < 4.78 is 27.9. The molecule has 3 rings (SSSR count). The quantitative estimate of drug-likeness (QED) is 0.841. The number of benzene rings is 1. The van der Waals surface area contributed by atoms with E-state index in [1.807, 2.05) is 0 Å². The number of hydrogen-bond donors (Lipinski definition) is 2. The van der Waals surface area contributed by atoms with Gasteiger partial charge in [0.05, 0.1) is 10.8 Å². The van der Waals surface area contributed by atoms with Crippen LogP contribution in [-0.2, 0) is 26.0 Å². The molecule has 0 aromatic heterocycles. The fraction of sp³-hybridized carbons (Fsp3) is 0.529. The molecule has 0 atom stereocenters. The first-order chi connectivity index (χ1) is 11.8. The zero-order chi connectivity index (χ0) is 18.2. The van der Waals surface area contributed by atoms with Crippen molar-refractivity contribution in [3.8, 4) is 0 Å². The molecule has 0 spiro atoms. The minimum atomic E-state index is -3.66. The molecule has 0 radical (unpaired) electrons.